The van der Waals surface area contributed by atoms with Gasteiger partial charge in [0.2, 0.25) is 0 Å². The molecule has 2 rings (SSSR count). The Labute approximate surface area is 124 Å². The lowest BCUT2D eigenvalue weighted by molar-refractivity contribution is -0.131. The van der Waals surface area contributed by atoms with Crippen LogP contribution in [-0.2, 0) is 20.2 Å². The lowest BCUT2D eigenvalue weighted by Crippen LogP contribution is -2.43. The van der Waals surface area contributed by atoms with Gasteiger partial charge in [0.1, 0.15) is 15.4 Å². The molecule has 0 unspecified atom stereocenters. The molecule has 1 heterocycles. The van der Waals surface area contributed by atoms with E-state index in [1.807, 2.05) is 13.0 Å². The van der Waals surface area contributed by atoms with Crippen molar-refractivity contribution in [3.8, 4) is 0 Å². The summed E-state index contributed by atoms with van der Waals surface area (Å²) in [7, 11) is -3.24. The number of amides is 3. The summed E-state index contributed by atoms with van der Waals surface area (Å²) in [6.07, 6.45) is 1.48. The Bertz CT molecular complexity index is 657. The average molecular weight is 310 g/mol. The van der Waals surface area contributed by atoms with E-state index in [9.17, 15) is 18.0 Å². The number of benzene rings is 1. The van der Waals surface area contributed by atoms with Gasteiger partial charge in [0.15, 0.2) is 0 Å². The Morgan fingerprint density at radius 1 is 1.19 bits per heavy atom. The van der Waals surface area contributed by atoms with Crippen LogP contribution in [0.1, 0.15) is 18.9 Å². The molecule has 0 radical (unpaired) electrons. The van der Waals surface area contributed by atoms with Crippen molar-refractivity contribution in [1.29, 1.82) is 0 Å². The fraction of sp³-hybridized carbons (Fsp3) is 0.429. The molecule has 1 aliphatic heterocycles. The van der Waals surface area contributed by atoms with Crippen molar-refractivity contribution in [3.63, 3.8) is 0 Å². The van der Waals surface area contributed by atoms with Crippen LogP contribution >= 0.6 is 0 Å². The second kappa shape index (κ2) is 5.48. The first-order chi connectivity index (χ1) is 9.80. The molecule has 21 heavy (non-hydrogen) atoms. The van der Waals surface area contributed by atoms with Gasteiger partial charge < -0.3 is 5.32 Å². The molecule has 6 nitrogen and oxygen atoms in total. The van der Waals surface area contributed by atoms with Crippen molar-refractivity contribution in [2.75, 3.05) is 18.6 Å². The van der Waals surface area contributed by atoms with E-state index in [-0.39, 0.29) is 12.3 Å². The van der Waals surface area contributed by atoms with Gasteiger partial charge >= 0.3 is 6.03 Å². The second-order valence-corrected chi connectivity index (χ2v) is 7.40. The predicted molar refractivity (Wildman–Crippen MR) is 78.4 cm³/mol. The van der Waals surface area contributed by atoms with E-state index in [1.165, 1.54) is 0 Å². The number of hydrogen-bond donors (Lipinski definition) is 1. The molecular formula is C14H18N2O4S. The molecule has 1 fully saturated rings. The van der Waals surface area contributed by atoms with Crippen LogP contribution in [0, 0.1) is 0 Å². The van der Waals surface area contributed by atoms with Crippen LogP contribution in [0.25, 0.3) is 0 Å². The molecule has 3 amide bonds. The third-order valence-corrected chi connectivity index (χ3v) is 4.58. The molecule has 0 spiro atoms. The normalized spacial score (nSPS) is 22.5. The van der Waals surface area contributed by atoms with Gasteiger partial charge in [0, 0.05) is 12.8 Å². The quantitative estimate of drug-likeness (QED) is 0.819. The number of carbonyl (C=O) groups is 2. The summed E-state index contributed by atoms with van der Waals surface area (Å²) in [5, 5.41) is 2.71. The molecule has 1 aromatic carbocycles. The van der Waals surface area contributed by atoms with Gasteiger partial charge in [-0.15, -0.1) is 0 Å². The summed E-state index contributed by atoms with van der Waals surface area (Å²) in [6, 6.07) is 8.43. The molecule has 0 bridgehead atoms. The van der Waals surface area contributed by atoms with Crippen molar-refractivity contribution in [2.45, 2.75) is 18.9 Å². The highest BCUT2D eigenvalue weighted by atomic mass is 32.2. The van der Waals surface area contributed by atoms with Crippen molar-refractivity contribution < 1.29 is 18.0 Å². The number of hydrogen-bond acceptors (Lipinski definition) is 4. The maximum Gasteiger partial charge on any atom is 0.325 e. The van der Waals surface area contributed by atoms with Crippen LogP contribution < -0.4 is 5.32 Å². The van der Waals surface area contributed by atoms with E-state index in [1.54, 1.807) is 24.3 Å². The van der Waals surface area contributed by atoms with Gasteiger partial charge in [-0.1, -0.05) is 37.3 Å². The molecule has 1 aromatic rings. The molecular weight excluding hydrogens is 292 g/mol. The maximum atomic E-state index is 12.6. The van der Waals surface area contributed by atoms with E-state index in [0.29, 0.717) is 12.0 Å². The molecule has 1 atom stereocenters. The Kier molecular flexibility index (Phi) is 4.04. The van der Waals surface area contributed by atoms with Crippen molar-refractivity contribution >= 4 is 21.8 Å². The highest BCUT2D eigenvalue weighted by Gasteiger charge is 2.50. The largest absolute Gasteiger partial charge is 0.325 e. The molecule has 114 valence electrons. The van der Waals surface area contributed by atoms with E-state index in [0.717, 1.165) is 11.2 Å². The van der Waals surface area contributed by atoms with Crippen LogP contribution in [0.3, 0.4) is 0 Å². The summed E-state index contributed by atoms with van der Waals surface area (Å²) >= 11 is 0. The Balaban J connectivity index is 2.31. The van der Waals surface area contributed by atoms with Gasteiger partial charge in [-0.25, -0.2) is 13.2 Å². The number of nitrogens with zero attached hydrogens (tertiary/aromatic N) is 1. The number of nitrogens with one attached hydrogen (secondary N) is 1. The van der Waals surface area contributed by atoms with Crippen molar-refractivity contribution in [3.05, 3.63) is 35.9 Å². The lowest BCUT2D eigenvalue weighted by atomic mass is 9.87. The van der Waals surface area contributed by atoms with E-state index >= 15 is 0 Å². The summed E-state index contributed by atoms with van der Waals surface area (Å²) in [5.74, 6) is -0.634. The second-order valence-electron chi connectivity index (χ2n) is 5.14. The molecule has 7 heteroatoms. The van der Waals surface area contributed by atoms with Crippen molar-refractivity contribution in [2.24, 2.45) is 0 Å². The minimum atomic E-state index is -3.24. The van der Waals surface area contributed by atoms with Gasteiger partial charge in [-0.05, 0) is 12.0 Å². The molecule has 0 aliphatic carbocycles. The predicted octanol–water partition coefficient (Wildman–Crippen LogP) is 0.888. The topological polar surface area (TPSA) is 83.6 Å². The fourth-order valence-electron chi connectivity index (χ4n) is 2.45. The molecule has 1 saturated heterocycles. The third kappa shape index (κ3) is 2.92. The highest BCUT2D eigenvalue weighted by Crippen LogP contribution is 2.32. The summed E-state index contributed by atoms with van der Waals surface area (Å²) in [4.78, 5) is 25.7. The summed E-state index contributed by atoms with van der Waals surface area (Å²) < 4.78 is 22.5. The Morgan fingerprint density at radius 2 is 1.81 bits per heavy atom. The standard InChI is InChI=1S/C14H18N2O4S/c1-3-14(11-7-5-4-6-8-11)12(17)16(13(18)15-14)9-10-21(2,19)20/h4-8H,3,9-10H2,1-2H3,(H,15,18)/t14-/m0/s1. The Morgan fingerprint density at radius 3 is 2.33 bits per heavy atom. The first kappa shape index (κ1) is 15.5. The number of sulfone groups is 1. The number of rotatable bonds is 5. The summed E-state index contributed by atoms with van der Waals surface area (Å²) in [6.45, 7) is 1.68. The molecule has 0 aromatic heterocycles. The number of imide groups is 1. The zero-order valence-corrected chi connectivity index (χ0v) is 12.8. The zero-order valence-electron chi connectivity index (χ0n) is 12.0. The monoisotopic (exact) mass is 310 g/mol. The summed E-state index contributed by atoms with van der Waals surface area (Å²) in [5.41, 5.74) is -0.400. The average Bonchev–Trinajstić information content (AvgIpc) is 2.69. The molecule has 1 aliphatic rings. The van der Waals surface area contributed by atoms with Gasteiger partial charge in [0.05, 0.1) is 5.75 Å². The van der Waals surface area contributed by atoms with E-state index in [2.05, 4.69) is 5.32 Å². The zero-order chi connectivity index (χ0) is 15.7. The van der Waals surface area contributed by atoms with Crippen LogP contribution in [0.15, 0.2) is 30.3 Å². The van der Waals surface area contributed by atoms with Crippen LogP contribution in [0.2, 0.25) is 0 Å². The van der Waals surface area contributed by atoms with E-state index in [4.69, 9.17) is 0 Å². The SMILES string of the molecule is CC[C@@]1(c2ccccc2)NC(=O)N(CCS(C)(=O)=O)C1=O. The fourth-order valence-corrected chi connectivity index (χ4v) is 2.96. The van der Waals surface area contributed by atoms with Crippen LogP contribution in [0.4, 0.5) is 4.79 Å². The Hall–Kier alpha value is -1.89. The van der Waals surface area contributed by atoms with Crippen LogP contribution in [0.5, 0.6) is 0 Å². The van der Waals surface area contributed by atoms with E-state index < -0.39 is 27.3 Å². The number of urea groups is 1. The lowest BCUT2D eigenvalue weighted by Gasteiger charge is -2.25. The highest BCUT2D eigenvalue weighted by molar-refractivity contribution is 7.90. The maximum absolute atomic E-state index is 12.6. The molecule has 1 N–H and O–H groups in total. The first-order valence-electron chi connectivity index (χ1n) is 6.67. The van der Waals surface area contributed by atoms with Gasteiger partial charge in [-0.3, -0.25) is 9.69 Å². The first-order valence-corrected chi connectivity index (χ1v) is 8.73. The minimum Gasteiger partial charge on any atom is -0.319 e. The third-order valence-electron chi connectivity index (χ3n) is 3.66. The van der Waals surface area contributed by atoms with Gasteiger partial charge in [-0.2, -0.15) is 0 Å². The molecule has 0 saturated carbocycles. The number of carbonyl (C=O) groups excluding carboxylic acids is 2. The van der Waals surface area contributed by atoms with Crippen molar-refractivity contribution in [1.82, 2.24) is 10.2 Å². The van der Waals surface area contributed by atoms with Crippen LogP contribution in [-0.4, -0.2) is 43.8 Å². The van der Waals surface area contributed by atoms with Gasteiger partial charge in [0.25, 0.3) is 5.91 Å². The minimum absolute atomic E-state index is 0.127. The smallest absolute Gasteiger partial charge is 0.319 e.